The summed E-state index contributed by atoms with van der Waals surface area (Å²) in [5, 5.41) is 7.29. The van der Waals surface area contributed by atoms with Gasteiger partial charge in [-0.15, -0.1) is 0 Å². The van der Waals surface area contributed by atoms with Gasteiger partial charge in [0.15, 0.2) is 0 Å². The normalized spacial score (nSPS) is 22.9. The Hall–Kier alpha value is -1.40. The summed E-state index contributed by atoms with van der Waals surface area (Å²) >= 11 is 0. The van der Waals surface area contributed by atoms with Crippen molar-refractivity contribution in [2.45, 2.75) is 38.5 Å². The van der Waals surface area contributed by atoms with E-state index in [-0.39, 0.29) is 24.5 Å². The summed E-state index contributed by atoms with van der Waals surface area (Å²) in [6, 6.07) is 2.11. The molecule has 2 rings (SSSR count). The van der Waals surface area contributed by atoms with E-state index in [2.05, 4.69) is 24.3 Å². The molecule has 0 spiro atoms. The highest BCUT2D eigenvalue weighted by Gasteiger charge is 2.29. The molecule has 1 saturated heterocycles. The fourth-order valence-electron chi connectivity index (χ4n) is 2.08. The molecular weight excluding hydrogens is 246 g/mol. The number of methoxy groups -OCH3 is 1. The molecule has 1 amide bonds. The SMILES string of the molecule is CO[C@@H]1COC[C@@H]1NC(=O)Cc1ccn(C(C)C)n1. The van der Waals surface area contributed by atoms with Crippen LogP contribution in [0.15, 0.2) is 12.3 Å². The first-order valence-electron chi connectivity index (χ1n) is 6.54. The Balaban J connectivity index is 1.86. The van der Waals surface area contributed by atoms with Crippen LogP contribution in [0.2, 0.25) is 0 Å². The highest BCUT2D eigenvalue weighted by molar-refractivity contribution is 5.78. The third-order valence-corrected chi connectivity index (χ3v) is 3.21. The van der Waals surface area contributed by atoms with E-state index in [1.165, 1.54) is 0 Å². The zero-order valence-electron chi connectivity index (χ0n) is 11.6. The number of rotatable bonds is 5. The number of ether oxygens (including phenoxy) is 2. The van der Waals surface area contributed by atoms with E-state index >= 15 is 0 Å². The van der Waals surface area contributed by atoms with Gasteiger partial charge in [-0.2, -0.15) is 5.10 Å². The van der Waals surface area contributed by atoms with Crippen LogP contribution in [0.1, 0.15) is 25.6 Å². The number of hydrogen-bond acceptors (Lipinski definition) is 4. The van der Waals surface area contributed by atoms with Gasteiger partial charge in [-0.3, -0.25) is 9.48 Å². The summed E-state index contributed by atoms with van der Waals surface area (Å²) in [6.07, 6.45) is 2.12. The van der Waals surface area contributed by atoms with E-state index in [1.807, 2.05) is 16.9 Å². The first-order chi connectivity index (χ1) is 9.10. The second-order valence-electron chi connectivity index (χ2n) is 5.04. The topological polar surface area (TPSA) is 65.4 Å². The third-order valence-electron chi connectivity index (χ3n) is 3.21. The second-order valence-corrected chi connectivity index (χ2v) is 5.04. The molecule has 1 aliphatic rings. The van der Waals surface area contributed by atoms with Gasteiger partial charge in [0.05, 0.1) is 31.4 Å². The number of nitrogens with one attached hydrogen (secondary N) is 1. The number of aromatic nitrogens is 2. The van der Waals surface area contributed by atoms with Crippen molar-refractivity contribution < 1.29 is 14.3 Å². The number of amides is 1. The monoisotopic (exact) mass is 267 g/mol. The standard InChI is InChI=1S/C13H21N3O3/c1-9(2)16-5-4-10(15-16)6-13(17)14-11-7-19-8-12(11)18-3/h4-5,9,11-12H,6-8H2,1-3H3,(H,14,17)/t11-,12+/m0/s1. The Kier molecular flexibility index (Phi) is 4.55. The van der Waals surface area contributed by atoms with Crippen molar-refractivity contribution >= 4 is 5.91 Å². The van der Waals surface area contributed by atoms with Gasteiger partial charge < -0.3 is 14.8 Å². The molecule has 1 N–H and O–H groups in total. The molecule has 2 atom stereocenters. The van der Waals surface area contributed by atoms with E-state index in [0.717, 1.165) is 5.69 Å². The molecule has 6 nitrogen and oxygen atoms in total. The van der Waals surface area contributed by atoms with Crippen LogP contribution in [0.5, 0.6) is 0 Å². The van der Waals surface area contributed by atoms with Crippen LogP contribution in [0, 0.1) is 0 Å². The molecular formula is C13H21N3O3. The summed E-state index contributed by atoms with van der Waals surface area (Å²) in [4.78, 5) is 11.9. The van der Waals surface area contributed by atoms with Crippen LogP contribution in [0.25, 0.3) is 0 Å². The maximum absolute atomic E-state index is 11.9. The van der Waals surface area contributed by atoms with E-state index in [0.29, 0.717) is 19.3 Å². The minimum atomic E-state index is -0.0651. The highest BCUT2D eigenvalue weighted by atomic mass is 16.5. The van der Waals surface area contributed by atoms with Crippen LogP contribution in [0.3, 0.4) is 0 Å². The van der Waals surface area contributed by atoms with Crippen molar-refractivity contribution in [3.63, 3.8) is 0 Å². The molecule has 1 aromatic heterocycles. The molecule has 19 heavy (non-hydrogen) atoms. The van der Waals surface area contributed by atoms with Gasteiger partial charge in [-0.1, -0.05) is 0 Å². The minimum Gasteiger partial charge on any atom is -0.377 e. The maximum atomic E-state index is 11.9. The van der Waals surface area contributed by atoms with E-state index in [1.54, 1.807) is 7.11 Å². The lowest BCUT2D eigenvalue weighted by Crippen LogP contribution is -2.44. The lowest BCUT2D eigenvalue weighted by atomic mass is 10.2. The zero-order valence-corrected chi connectivity index (χ0v) is 11.6. The Bertz CT molecular complexity index is 431. The van der Waals surface area contributed by atoms with Crippen LogP contribution in [0.4, 0.5) is 0 Å². The van der Waals surface area contributed by atoms with E-state index in [4.69, 9.17) is 9.47 Å². The molecule has 1 fully saturated rings. The molecule has 0 aromatic carbocycles. The Morgan fingerprint density at radius 3 is 3.05 bits per heavy atom. The molecule has 0 bridgehead atoms. The smallest absolute Gasteiger partial charge is 0.226 e. The molecule has 6 heteroatoms. The van der Waals surface area contributed by atoms with Crippen molar-refractivity contribution in [3.8, 4) is 0 Å². The predicted molar refractivity (Wildman–Crippen MR) is 69.9 cm³/mol. The third kappa shape index (κ3) is 3.54. The van der Waals surface area contributed by atoms with Crippen molar-refractivity contribution in [1.29, 1.82) is 0 Å². The Labute approximate surface area is 113 Å². The predicted octanol–water partition coefficient (Wildman–Crippen LogP) is 0.536. The zero-order chi connectivity index (χ0) is 13.8. The van der Waals surface area contributed by atoms with Gasteiger partial charge in [0, 0.05) is 19.3 Å². The molecule has 0 saturated carbocycles. The van der Waals surface area contributed by atoms with Crippen LogP contribution >= 0.6 is 0 Å². The van der Waals surface area contributed by atoms with Gasteiger partial charge in [-0.25, -0.2) is 0 Å². The first kappa shape index (κ1) is 14.0. The first-order valence-corrected chi connectivity index (χ1v) is 6.54. The molecule has 0 unspecified atom stereocenters. The van der Waals surface area contributed by atoms with Gasteiger partial charge in [-0.05, 0) is 19.9 Å². The average molecular weight is 267 g/mol. The van der Waals surface area contributed by atoms with Crippen molar-refractivity contribution in [2.24, 2.45) is 0 Å². The summed E-state index contributed by atoms with van der Waals surface area (Å²) in [6.45, 7) is 5.14. The average Bonchev–Trinajstić information content (AvgIpc) is 2.97. The van der Waals surface area contributed by atoms with Crippen LogP contribution in [-0.2, 0) is 20.7 Å². The maximum Gasteiger partial charge on any atom is 0.226 e. The molecule has 0 radical (unpaired) electrons. The van der Waals surface area contributed by atoms with Gasteiger partial charge in [0.2, 0.25) is 5.91 Å². The summed E-state index contributed by atoms with van der Waals surface area (Å²) in [5.74, 6) is -0.0495. The summed E-state index contributed by atoms with van der Waals surface area (Å²) in [5.41, 5.74) is 0.777. The van der Waals surface area contributed by atoms with Crippen molar-refractivity contribution in [3.05, 3.63) is 18.0 Å². The van der Waals surface area contributed by atoms with Crippen molar-refractivity contribution in [1.82, 2.24) is 15.1 Å². The fraction of sp³-hybridized carbons (Fsp3) is 0.692. The summed E-state index contributed by atoms with van der Waals surface area (Å²) < 4.78 is 12.4. The largest absolute Gasteiger partial charge is 0.377 e. The number of nitrogens with zero attached hydrogens (tertiary/aromatic N) is 2. The number of carbonyl (C=O) groups is 1. The molecule has 106 valence electrons. The molecule has 1 aliphatic heterocycles. The Morgan fingerprint density at radius 1 is 1.63 bits per heavy atom. The molecule has 2 heterocycles. The van der Waals surface area contributed by atoms with Crippen LogP contribution in [-0.4, -0.2) is 48.2 Å². The highest BCUT2D eigenvalue weighted by Crippen LogP contribution is 2.09. The molecule has 1 aromatic rings. The van der Waals surface area contributed by atoms with E-state index in [9.17, 15) is 4.79 Å². The summed E-state index contributed by atoms with van der Waals surface area (Å²) in [7, 11) is 1.63. The van der Waals surface area contributed by atoms with Crippen molar-refractivity contribution in [2.75, 3.05) is 20.3 Å². The number of carbonyl (C=O) groups excluding carboxylic acids is 1. The number of hydrogen-bond donors (Lipinski definition) is 1. The molecule has 0 aliphatic carbocycles. The van der Waals surface area contributed by atoms with Gasteiger partial charge >= 0.3 is 0 Å². The quantitative estimate of drug-likeness (QED) is 0.845. The second kappa shape index (κ2) is 6.16. The minimum absolute atomic E-state index is 0.0495. The van der Waals surface area contributed by atoms with E-state index < -0.39 is 0 Å². The van der Waals surface area contributed by atoms with Gasteiger partial charge in [0.1, 0.15) is 6.10 Å². The fourth-order valence-corrected chi connectivity index (χ4v) is 2.08. The van der Waals surface area contributed by atoms with Gasteiger partial charge in [0.25, 0.3) is 0 Å². The Morgan fingerprint density at radius 2 is 2.42 bits per heavy atom. The lowest BCUT2D eigenvalue weighted by Gasteiger charge is -2.17. The van der Waals surface area contributed by atoms with Crippen LogP contribution < -0.4 is 5.32 Å². The lowest BCUT2D eigenvalue weighted by molar-refractivity contribution is -0.121.